The first-order valence-corrected chi connectivity index (χ1v) is 14.4. The predicted octanol–water partition coefficient (Wildman–Crippen LogP) is 4.64. The molecule has 10 heteroatoms. The molecule has 1 aliphatic rings. The molecule has 0 spiro atoms. The number of carbonyl (C=O) groups is 2. The van der Waals surface area contributed by atoms with Gasteiger partial charge in [0.05, 0.1) is 27.5 Å². The highest BCUT2D eigenvalue weighted by Gasteiger charge is 2.30. The quantitative estimate of drug-likeness (QED) is 0.254. The van der Waals surface area contributed by atoms with Crippen LogP contribution < -0.4 is 10.0 Å². The SMILES string of the molecule is C[C@@H](NC(=O)[C@H]1CC[C@H](NS(=O)(=O)c2ccc3[nH]c(-c4cccc(C(=O)O)c4)nc3c2)CC1)c1ccccc1. The summed E-state index contributed by atoms with van der Waals surface area (Å²) in [5.74, 6) is -0.727. The molecule has 1 fully saturated rings. The molecule has 9 nitrogen and oxygen atoms in total. The topological polar surface area (TPSA) is 141 Å². The number of H-pyrrole nitrogens is 1. The number of aromatic amines is 1. The third-order valence-electron chi connectivity index (χ3n) is 7.23. The highest BCUT2D eigenvalue weighted by Crippen LogP contribution is 2.28. The fraction of sp³-hybridized carbons (Fsp3) is 0.276. The Hall–Kier alpha value is -4.02. The fourth-order valence-corrected chi connectivity index (χ4v) is 6.33. The van der Waals surface area contributed by atoms with E-state index in [-0.39, 0.29) is 34.4 Å². The molecule has 0 unspecified atom stereocenters. The number of hydrogen-bond donors (Lipinski definition) is 4. The molecule has 4 N–H and O–H groups in total. The zero-order valence-electron chi connectivity index (χ0n) is 21.4. The number of carbonyl (C=O) groups excluding carboxylic acids is 1. The minimum absolute atomic E-state index is 0.00124. The summed E-state index contributed by atoms with van der Waals surface area (Å²) in [6, 6.07) is 20.5. The smallest absolute Gasteiger partial charge is 0.335 e. The van der Waals surface area contributed by atoms with Crippen molar-refractivity contribution in [2.24, 2.45) is 5.92 Å². The maximum atomic E-state index is 13.2. The molecule has 0 aliphatic heterocycles. The molecular weight excluding hydrogens is 516 g/mol. The van der Waals surface area contributed by atoms with Gasteiger partial charge in [0, 0.05) is 17.5 Å². The van der Waals surface area contributed by atoms with Crippen molar-refractivity contribution in [3.05, 3.63) is 83.9 Å². The number of fused-ring (bicyclic) bond motifs is 1. The van der Waals surface area contributed by atoms with Crippen molar-refractivity contribution < 1.29 is 23.1 Å². The monoisotopic (exact) mass is 546 g/mol. The summed E-state index contributed by atoms with van der Waals surface area (Å²) >= 11 is 0. The average molecular weight is 547 g/mol. The van der Waals surface area contributed by atoms with Gasteiger partial charge in [-0.25, -0.2) is 22.9 Å². The summed E-state index contributed by atoms with van der Waals surface area (Å²) in [5, 5.41) is 12.3. The molecule has 0 bridgehead atoms. The molecule has 39 heavy (non-hydrogen) atoms. The molecule has 0 saturated heterocycles. The Morgan fingerprint density at radius 2 is 1.72 bits per heavy atom. The van der Waals surface area contributed by atoms with Crippen molar-refractivity contribution in [1.82, 2.24) is 20.0 Å². The first kappa shape index (κ1) is 26.6. The normalized spacial score (nSPS) is 18.5. The summed E-state index contributed by atoms with van der Waals surface area (Å²) in [7, 11) is -3.80. The summed E-state index contributed by atoms with van der Waals surface area (Å²) in [6.45, 7) is 1.96. The lowest BCUT2D eigenvalue weighted by Gasteiger charge is -2.29. The second-order valence-electron chi connectivity index (χ2n) is 9.96. The van der Waals surface area contributed by atoms with Crippen LogP contribution in [0.3, 0.4) is 0 Å². The van der Waals surface area contributed by atoms with Crippen LogP contribution in [-0.2, 0) is 14.8 Å². The Morgan fingerprint density at radius 3 is 2.44 bits per heavy atom. The Labute approximate surface area is 226 Å². The minimum Gasteiger partial charge on any atom is -0.478 e. The molecule has 1 aromatic heterocycles. The van der Waals surface area contributed by atoms with Gasteiger partial charge in [0.1, 0.15) is 5.82 Å². The second kappa shape index (κ2) is 11.0. The summed E-state index contributed by atoms with van der Waals surface area (Å²) in [4.78, 5) is 31.8. The van der Waals surface area contributed by atoms with Crippen LogP contribution in [-0.4, -0.2) is 41.4 Å². The van der Waals surface area contributed by atoms with Gasteiger partial charge < -0.3 is 15.4 Å². The molecule has 3 aromatic carbocycles. The number of benzene rings is 3. The van der Waals surface area contributed by atoms with Gasteiger partial charge in [-0.2, -0.15) is 0 Å². The first-order valence-electron chi connectivity index (χ1n) is 12.9. The van der Waals surface area contributed by atoms with Gasteiger partial charge in [0.15, 0.2) is 0 Å². The van der Waals surface area contributed by atoms with Crippen LogP contribution in [0.25, 0.3) is 22.4 Å². The zero-order valence-corrected chi connectivity index (χ0v) is 22.2. The lowest BCUT2D eigenvalue weighted by molar-refractivity contribution is -0.126. The first-order chi connectivity index (χ1) is 18.7. The van der Waals surface area contributed by atoms with Crippen LogP contribution in [0, 0.1) is 5.92 Å². The molecule has 1 saturated carbocycles. The van der Waals surface area contributed by atoms with E-state index in [9.17, 15) is 23.1 Å². The van der Waals surface area contributed by atoms with Crippen molar-refractivity contribution in [3.8, 4) is 11.4 Å². The molecule has 0 radical (unpaired) electrons. The van der Waals surface area contributed by atoms with E-state index in [1.165, 1.54) is 24.3 Å². The molecule has 1 aliphatic carbocycles. The van der Waals surface area contributed by atoms with E-state index in [4.69, 9.17) is 0 Å². The lowest BCUT2D eigenvalue weighted by atomic mass is 9.85. The summed E-state index contributed by atoms with van der Waals surface area (Å²) in [6.07, 6.45) is 2.37. The number of sulfonamides is 1. The predicted molar refractivity (Wildman–Crippen MR) is 148 cm³/mol. The number of hydrogen-bond acceptors (Lipinski definition) is 5. The van der Waals surface area contributed by atoms with Gasteiger partial charge in [-0.15, -0.1) is 0 Å². The molecule has 4 aromatic rings. The van der Waals surface area contributed by atoms with E-state index < -0.39 is 16.0 Å². The van der Waals surface area contributed by atoms with Gasteiger partial charge >= 0.3 is 5.97 Å². The average Bonchev–Trinajstić information content (AvgIpc) is 3.37. The number of carboxylic acids is 1. The number of aromatic nitrogens is 2. The van der Waals surface area contributed by atoms with E-state index in [0.29, 0.717) is 48.1 Å². The number of imidazole rings is 1. The van der Waals surface area contributed by atoms with Crippen molar-refractivity contribution in [3.63, 3.8) is 0 Å². The van der Waals surface area contributed by atoms with E-state index >= 15 is 0 Å². The molecule has 1 amide bonds. The van der Waals surface area contributed by atoms with Crippen molar-refractivity contribution in [2.75, 3.05) is 0 Å². The summed E-state index contributed by atoms with van der Waals surface area (Å²) in [5.41, 5.74) is 2.87. The Bertz CT molecular complexity index is 1610. The standard InChI is InChI=1S/C29H30N4O5S/c1-18(19-6-3-2-4-7-19)30-28(34)20-10-12-23(13-11-20)33-39(37,38)24-14-15-25-26(17-24)32-27(31-25)21-8-5-9-22(16-21)29(35)36/h2-9,14-18,20,23,33H,10-13H2,1H3,(H,30,34)(H,31,32)(H,35,36)/t18-,20-,23-/m1/s1. The Balaban J connectivity index is 1.22. The van der Waals surface area contributed by atoms with Gasteiger partial charge in [-0.1, -0.05) is 42.5 Å². The van der Waals surface area contributed by atoms with Crippen LogP contribution >= 0.6 is 0 Å². The number of nitrogens with zero attached hydrogens (tertiary/aromatic N) is 1. The van der Waals surface area contributed by atoms with Crippen LogP contribution in [0.1, 0.15) is 54.6 Å². The third kappa shape index (κ3) is 6.02. The molecule has 1 heterocycles. The maximum absolute atomic E-state index is 13.2. The highest BCUT2D eigenvalue weighted by molar-refractivity contribution is 7.89. The lowest BCUT2D eigenvalue weighted by Crippen LogP contribution is -2.41. The van der Waals surface area contributed by atoms with E-state index in [2.05, 4.69) is 20.0 Å². The van der Waals surface area contributed by atoms with Crippen LogP contribution in [0.15, 0.2) is 77.7 Å². The molecule has 1 atom stereocenters. The maximum Gasteiger partial charge on any atom is 0.335 e. The van der Waals surface area contributed by atoms with Crippen LogP contribution in [0.2, 0.25) is 0 Å². The fourth-order valence-electron chi connectivity index (χ4n) is 5.01. The number of aromatic carboxylic acids is 1. The van der Waals surface area contributed by atoms with Gasteiger partial charge in [-0.3, -0.25) is 4.79 Å². The van der Waals surface area contributed by atoms with Crippen molar-refractivity contribution in [1.29, 1.82) is 0 Å². The van der Waals surface area contributed by atoms with Gasteiger partial charge in [0.2, 0.25) is 15.9 Å². The van der Waals surface area contributed by atoms with Gasteiger partial charge in [-0.05, 0) is 68.5 Å². The van der Waals surface area contributed by atoms with E-state index in [1.807, 2.05) is 37.3 Å². The zero-order chi connectivity index (χ0) is 27.6. The van der Waals surface area contributed by atoms with Crippen LogP contribution in [0.5, 0.6) is 0 Å². The Kier molecular flexibility index (Phi) is 7.49. The molecule has 202 valence electrons. The number of carboxylic acid groups (broad SMARTS) is 1. The van der Waals surface area contributed by atoms with Crippen molar-refractivity contribution >= 4 is 32.9 Å². The van der Waals surface area contributed by atoms with E-state index in [0.717, 1.165) is 5.56 Å². The molecular formula is C29H30N4O5S. The minimum atomic E-state index is -3.80. The number of nitrogens with one attached hydrogen (secondary N) is 3. The number of amides is 1. The highest BCUT2D eigenvalue weighted by atomic mass is 32.2. The molecule has 5 rings (SSSR count). The van der Waals surface area contributed by atoms with Gasteiger partial charge in [0.25, 0.3) is 0 Å². The Morgan fingerprint density at radius 1 is 0.974 bits per heavy atom. The third-order valence-corrected chi connectivity index (χ3v) is 8.74. The largest absolute Gasteiger partial charge is 0.478 e. The summed E-state index contributed by atoms with van der Waals surface area (Å²) < 4.78 is 29.1. The second-order valence-corrected chi connectivity index (χ2v) is 11.7. The van der Waals surface area contributed by atoms with Crippen LogP contribution in [0.4, 0.5) is 0 Å². The number of rotatable bonds is 8. The van der Waals surface area contributed by atoms with E-state index in [1.54, 1.807) is 18.2 Å². The van der Waals surface area contributed by atoms with Crippen molar-refractivity contribution in [2.45, 2.75) is 49.6 Å².